The zero-order chi connectivity index (χ0) is 15.2. The lowest BCUT2D eigenvalue weighted by molar-refractivity contribution is -0.116. The van der Waals surface area contributed by atoms with Crippen LogP contribution < -0.4 is 5.32 Å². The first-order valence-electron chi connectivity index (χ1n) is 6.28. The van der Waals surface area contributed by atoms with Gasteiger partial charge in [-0.1, -0.05) is 15.9 Å². The Morgan fingerprint density at radius 1 is 1.19 bits per heavy atom. The van der Waals surface area contributed by atoms with E-state index >= 15 is 0 Å². The number of halogens is 1. The zero-order valence-electron chi connectivity index (χ0n) is 11.0. The normalized spacial score (nSPS) is 10.1. The van der Waals surface area contributed by atoms with Gasteiger partial charge in [0, 0.05) is 23.3 Å². The van der Waals surface area contributed by atoms with Crippen molar-refractivity contribution >= 4 is 33.5 Å². The van der Waals surface area contributed by atoms with Crippen molar-refractivity contribution in [3.05, 3.63) is 58.3 Å². The van der Waals surface area contributed by atoms with E-state index in [4.69, 9.17) is 5.11 Å². The van der Waals surface area contributed by atoms with E-state index in [-0.39, 0.29) is 23.6 Å². The molecule has 5 nitrogen and oxygen atoms in total. The second-order valence-electron chi connectivity index (χ2n) is 4.40. The van der Waals surface area contributed by atoms with Crippen LogP contribution in [0.1, 0.15) is 22.3 Å². The molecule has 0 fully saturated rings. The van der Waals surface area contributed by atoms with Crippen molar-refractivity contribution in [1.29, 1.82) is 0 Å². The third-order valence-electron chi connectivity index (χ3n) is 2.88. The maximum Gasteiger partial charge on any atom is 0.337 e. The SMILES string of the molecule is O=C(CCc1ccncc1)Nc1cc(Br)ccc1C(=O)O. The number of benzene rings is 1. The number of aromatic nitrogens is 1. The summed E-state index contributed by atoms with van der Waals surface area (Å²) in [6.07, 6.45) is 4.19. The molecule has 1 heterocycles. The number of nitrogens with zero attached hydrogens (tertiary/aromatic N) is 1. The molecule has 2 rings (SSSR count). The highest BCUT2D eigenvalue weighted by molar-refractivity contribution is 9.10. The van der Waals surface area contributed by atoms with Gasteiger partial charge in [0.15, 0.2) is 0 Å². The van der Waals surface area contributed by atoms with Gasteiger partial charge in [0.1, 0.15) is 0 Å². The van der Waals surface area contributed by atoms with Crippen molar-refractivity contribution in [2.75, 3.05) is 5.32 Å². The third-order valence-corrected chi connectivity index (χ3v) is 3.37. The minimum absolute atomic E-state index is 0.0652. The highest BCUT2D eigenvalue weighted by Crippen LogP contribution is 2.22. The molecule has 108 valence electrons. The Balaban J connectivity index is 2.02. The minimum Gasteiger partial charge on any atom is -0.478 e. The standard InChI is InChI=1S/C15H13BrN2O3/c16-11-2-3-12(15(20)21)13(9-11)18-14(19)4-1-10-5-7-17-8-6-10/h2-3,5-9H,1,4H2,(H,18,19)(H,20,21). The topological polar surface area (TPSA) is 79.3 Å². The number of nitrogens with one attached hydrogen (secondary N) is 1. The summed E-state index contributed by atoms with van der Waals surface area (Å²) in [6, 6.07) is 8.33. The van der Waals surface area contributed by atoms with E-state index in [9.17, 15) is 9.59 Å². The number of hydrogen-bond acceptors (Lipinski definition) is 3. The predicted octanol–water partition coefficient (Wildman–Crippen LogP) is 3.11. The van der Waals surface area contributed by atoms with E-state index in [0.717, 1.165) is 5.56 Å². The molecule has 2 aromatic rings. The third kappa shape index (κ3) is 4.39. The van der Waals surface area contributed by atoms with E-state index in [1.54, 1.807) is 24.5 Å². The molecule has 0 atom stereocenters. The first-order chi connectivity index (χ1) is 10.1. The summed E-state index contributed by atoms with van der Waals surface area (Å²) in [5.74, 6) is -1.31. The summed E-state index contributed by atoms with van der Waals surface area (Å²) in [6.45, 7) is 0. The molecule has 0 saturated heterocycles. The summed E-state index contributed by atoms with van der Waals surface area (Å²) >= 11 is 3.26. The van der Waals surface area contributed by atoms with Crippen LogP contribution in [0.25, 0.3) is 0 Å². The molecule has 0 aliphatic carbocycles. The molecule has 21 heavy (non-hydrogen) atoms. The number of carboxylic acids is 1. The maximum absolute atomic E-state index is 11.9. The molecule has 0 aliphatic rings. The van der Waals surface area contributed by atoms with Gasteiger partial charge in [0.05, 0.1) is 11.3 Å². The first kappa shape index (κ1) is 15.2. The largest absolute Gasteiger partial charge is 0.478 e. The van der Waals surface area contributed by atoms with Gasteiger partial charge >= 0.3 is 5.97 Å². The fourth-order valence-corrected chi connectivity index (χ4v) is 2.19. The molecule has 6 heteroatoms. The Hall–Kier alpha value is -2.21. The van der Waals surface area contributed by atoms with Crippen LogP contribution in [0.4, 0.5) is 5.69 Å². The summed E-state index contributed by atoms with van der Waals surface area (Å²) in [7, 11) is 0. The van der Waals surface area contributed by atoms with E-state index in [1.807, 2.05) is 12.1 Å². The number of rotatable bonds is 5. The molecular formula is C15H13BrN2O3. The lowest BCUT2D eigenvalue weighted by Gasteiger charge is -2.09. The van der Waals surface area contributed by atoms with Gasteiger partial charge < -0.3 is 10.4 Å². The van der Waals surface area contributed by atoms with Crippen molar-refractivity contribution in [3.63, 3.8) is 0 Å². The molecule has 1 amide bonds. The van der Waals surface area contributed by atoms with Crippen LogP contribution in [0.2, 0.25) is 0 Å². The van der Waals surface area contributed by atoms with E-state index in [0.29, 0.717) is 10.9 Å². The lowest BCUT2D eigenvalue weighted by atomic mass is 10.1. The second kappa shape index (κ2) is 6.99. The van der Waals surface area contributed by atoms with Gasteiger partial charge in [-0.3, -0.25) is 9.78 Å². The average molecular weight is 349 g/mol. The van der Waals surface area contributed by atoms with Gasteiger partial charge in [-0.25, -0.2) is 4.79 Å². The maximum atomic E-state index is 11.9. The Labute approximate surface area is 130 Å². The van der Waals surface area contributed by atoms with Crippen LogP contribution in [0, 0.1) is 0 Å². The number of carboxylic acid groups (broad SMARTS) is 1. The molecular weight excluding hydrogens is 336 g/mol. The molecule has 0 bridgehead atoms. The lowest BCUT2D eigenvalue weighted by Crippen LogP contribution is -2.15. The molecule has 0 saturated carbocycles. The van der Waals surface area contributed by atoms with Crippen LogP contribution in [-0.4, -0.2) is 22.0 Å². The smallest absolute Gasteiger partial charge is 0.337 e. The Morgan fingerprint density at radius 2 is 1.90 bits per heavy atom. The van der Waals surface area contributed by atoms with Crippen molar-refractivity contribution in [3.8, 4) is 0 Å². The number of carbonyl (C=O) groups excluding carboxylic acids is 1. The Morgan fingerprint density at radius 3 is 2.57 bits per heavy atom. The van der Waals surface area contributed by atoms with E-state index in [2.05, 4.69) is 26.2 Å². The van der Waals surface area contributed by atoms with Gasteiger partial charge in [-0.15, -0.1) is 0 Å². The van der Waals surface area contributed by atoms with Crippen LogP contribution in [0.15, 0.2) is 47.2 Å². The van der Waals surface area contributed by atoms with Crippen LogP contribution in [-0.2, 0) is 11.2 Å². The highest BCUT2D eigenvalue weighted by Gasteiger charge is 2.12. The van der Waals surface area contributed by atoms with Gasteiger partial charge in [-0.05, 0) is 42.3 Å². The number of carbonyl (C=O) groups is 2. The van der Waals surface area contributed by atoms with Crippen LogP contribution >= 0.6 is 15.9 Å². The monoisotopic (exact) mass is 348 g/mol. The van der Waals surface area contributed by atoms with Gasteiger partial charge in [0.2, 0.25) is 5.91 Å². The Bertz CT molecular complexity index is 659. The van der Waals surface area contributed by atoms with Crippen molar-refractivity contribution < 1.29 is 14.7 Å². The second-order valence-corrected chi connectivity index (χ2v) is 5.31. The van der Waals surface area contributed by atoms with Crippen molar-refractivity contribution in [2.24, 2.45) is 0 Å². The fraction of sp³-hybridized carbons (Fsp3) is 0.133. The summed E-state index contributed by atoms with van der Waals surface area (Å²) < 4.78 is 0.705. The fourth-order valence-electron chi connectivity index (χ4n) is 1.83. The zero-order valence-corrected chi connectivity index (χ0v) is 12.6. The van der Waals surface area contributed by atoms with E-state index in [1.165, 1.54) is 6.07 Å². The summed E-state index contributed by atoms with van der Waals surface area (Å²) in [4.78, 5) is 27.0. The van der Waals surface area contributed by atoms with Crippen LogP contribution in [0.5, 0.6) is 0 Å². The highest BCUT2D eigenvalue weighted by atomic mass is 79.9. The predicted molar refractivity (Wildman–Crippen MR) is 82.3 cm³/mol. The van der Waals surface area contributed by atoms with E-state index < -0.39 is 5.97 Å². The van der Waals surface area contributed by atoms with Gasteiger partial charge in [0.25, 0.3) is 0 Å². The number of amides is 1. The molecule has 2 N–H and O–H groups in total. The molecule has 0 spiro atoms. The molecule has 1 aromatic heterocycles. The number of pyridine rings is 1. The quantitative estimate of drug-likeness (QED) is 0.869. The van der Waals surface area contributed by atoms with Crippen molar-refractivity contribution in [1.82, 2.24) is 4.98 Å². The summed E-state index contributed by atoms with van der Waals surface area (Å²) in [5, 5.41) is 11.7. The molecule has 0 aliphatic heterocycles. The molecule has 0 unspecified atom stereocenters. The van der Waals surface area contributed by atoms with Gasteiger partial charge in [-0.2, -0.15) is 0 Å². The first-order valence-corrected chi connectivity index (χ1v) is 7.07. The number of aryl methyl sites for hydroxylation is 1. The minimum atomic E-state index is -1.08. The number of aromatic carboxylic acids is 1. The average Bonchev–Trinajstić information content (AvgIpc) is 2.46. The molecule has 1 aromatic carbocycles. The summed E-state index contributed by atoms with van der Waals surface area (Å²) in [5.41, 5.74) is 1.36. The Kier molecular flexibility index (Phi) is 5.05. The van der Waals surface area contributed by atoms with Crippen molar-refractivity contribution in [2.45, 2.75) is 12.8 Å². The number of anilines is 1. The van der Waals surface area contributed by atoms with Crippen LogP contribution in [0.3, 0.4) is 0 Å². The molecule has 0 radical (unpaired) electrons. The number of hydrogen-bond donors (Lipinski definition) is 2.